The molecule has 6 rings (SSSR count). The molecule has 1 fully saturated rings. The van der Waals surface area contributed by atoms with Gasteiger partial charge >= 0.3 is 0 Å². The number of piperidine rings is 1. The standard InChI is InChI=1S/C23H23N9/c1-2-16(11-24-7-1)21-10-22(29-18-3-5-19(6-4-18)31-9-8-25-15-31)32-23(30-21)20(14-28-32)17-12-26-27-13-17/h3-6,8-10,12-16,24,29H,1-2,7,11H2,(H,26,27). The second kappa shape index (κ2) is 7.93. The Morgan fingerprint density at radius 1 is 1.12 bits per heavy atom. The van der Waals surface area contributed by atoms with Crippen LogP contribution >= 0.6 is 0 Å². The van der Waals surface area contributed by atoms with E-state index in [0.29, 0.717) is 5.92 Å². The Balaban J connectivity index is 1.40. The normalized spacial score (nSPS) is 16.4. The third kappa shape index (κ3) is 3.42. The van der Waals surface area contributed by atoms with Crippen LogP contribution in [0.4, 0.5) is 11.5 Å². The van der Waals surface area contributed by atoms with E-state index in [1.807, 2.05) is 27.7 Å². The Bertz CT molecular complexity index is 1310. The van der Waals surface area contributed by atoms with Gasteiger partial charge in [-0.2, -0.15) is 14.7 Å². The summed E-state index contributed by atoms with van der Waals surface area (Å²) in [7, 11) is 0. The largest absolute Gasteiger partial charge is 0.340 e. The van der Waals surface area contributed by atoms with Crippen LogP contribution < -0.4 is 10.6 Å². The number of anilines is 2. The van der Waals surface area contributed by atoms with E-state index < -0.39 is 0 Å². The second-order valence-electron chi connectivity index (χ2n) is 8.03. The van der Waals surface area contributed by atoms with Gasteiger partial charge in [0.05, 0.1) is 24.4 Å². The number of hydrogen-bond donors (Lipinski definition) is 3. The Kier molecular flexibility index (Phi) is 4.65. The summed E-state index contributed by atoms with van der Waals surface area (Å²) >= 11 is 0. The van der Waals surface area contributed by atoms with E-state index in [0.717, 1.165) is 65.6 Å². The minimum Gasteiger partial charge on any atom is -0.340 e. The van der Waals surface area contributed by atoms with Gasteiger partial charge < -0.3 is 15.2 Å². The molecule has 3 N–H and O–H groups in total. The van der Waals surface area contributed by atoms with Gasteiger partial charge in [-0.3, -0.25) is 5.10 Å². The van der Waals surface area contributed by atoms with E-state index in [1.54, 1.807) is 18.7 Å². The fourth-order valence-corrected chi connectivity index (χ4v) is 4.26. The number of nitrogens with one attached hydrogen (secondary N) is 3. The van der Waals surface area contributed by atoms with Crippen LogP contribution in [-0.2, 0) is 0 Å². The molecule has 9 heteroatoms. The Labute approximate surface area is 184 Å². The number of aromatic nitrogens is 7. The molecule has 5 heterocycles. The molecule has 5 aromatic rings. The molecular weight excluding hydrogens is 402 g/mol. The first-order valence-electron chi connectivity index (χ1n) is 10.8. The summed E-state index contributed by atoms with van der Waals surface area (Å²) in [5.41, 5.74) is 5.88. The molecule has 0 saturated carbocycles. The minimum absolute atomic E-state index is 0.380. The van der Waals surface area contributed by atoms with Crippen molar-refractivity contribution in [2.75, 3.05) is 18.4 Å². The average Bonchev–Trinajstić information content (AvgIpc) is 3.61. The maximum absolute atomic E-state index is 5.03. The van der Waals surface area contributed by atoms with Gasteiger partial charge in [0, 0.05) is 59.6 Å². The Morgan fingerprint density at radius 3 is 2.81 bits per heavy atom. The van der Waals surface area contributed by atoms with Crippen LogP contribution in [0.15, 0.2) is 67.6 Å². The zero-order chi connectivity index (χ0) is 21.3. The lowest BCUT2D eigenvalue weighted by Crippen LogP contribution is -2.29. The van der Waals surface area contributed by atoms with Crippen molar-refractivity contribution < 1.29 is 0 Å². The maximum Gasteiger partial charge on any atom is 0.165 e. The quantitative estimate of drug-likeness (QED) is 0.398. The number of nitrogens with zero attached hydrogens (tertiary/aromatic N) is 6. The Morgan fingerprint density at radius 2 is 2.06 bits per heavy atom. The lowest BCUT2D eigenvalue weighted by atomic mass is 9.96. The molecular formula is C23H23N9. The molecule has 1 unspecified atom stereocenters. The molecule has 0 spiro atoms. The molecule has 0 amide bonds. The Hall–Kier alpha value is -3.98. The van der Waals surface area contributed by atoms with Crippen LogP contribution in [0, 0.1) is 0 Å². The summed E-state index contributed by atoms with van der Waals surface area (Å²) in [6, 6.07) is 10.4. The molecule has 9 nitrogen and oxygen atoms in total. The predicted octanol–water partition coefficient (Wildman–Crippen LogP) is 3.52. The number of hydrogen-bond acceptors (Lipinski definition) is 6. The average molecular weight is 426 g/mol. The molecule has 1 aliphatic rings. The van der Waals surface area contributed by atoms with Gasteiger partial charge in [-0.25, -0.2) is 9.97 Å². The number of benzene rings is 1. The lowest BCUT2D eigenvalue weighted by Gasteiger charge is -2.23. The molecule has 0 radical (unpaired) electrons. The number of fused-ring (bicyclic) bond motifs is 1. The van der Waals surface area contributed by atoms with E-state index in [2.05, 4.69) is 61.2 Å². The van der Waals surface area contributed by atoms with Crippen molar-refractivity contribution >= 4 is 17.2 Å². The van der Waals surface area contributed by atoms with Gasteiger partial charge in [-0.05, 0) is 43.7 Å². The van der Waals surface area contributed by atoms with Crippen LogP contribution in [0.3, 0.4) is 0 Å². The van der Waals surface area contributed by atoms with Gasteiger partial charge in [-0.15, -0.1) is 0 Å². The zero-order valence-corrected chi connectivity index (χ0v) is 17.4. The third-order valence-electron chi connectivity index (χ3n) is 5.96. The monoisotopic (exact) mass is 425 g/mol. The first kappa shape index (κ1) is 18.8. The van der Waals surface area contributed by atoms with Crippen molar-refractivity contribution in [3.8, 4) is 16.8 Å². The van der Waals surface area contributed by atoms with Gasteiger partial charge in [0.1, 0.15) is 5.82 Å². The number of rotatable bonds is 5. The fourth-order valence-electron chi connectivity index (χ4n) is 4.26. The summed E-state index contributed by atoms with van der Waals surface area (Å²) in [5.74, 6) is 1.27. The van der Waals surface area contributed by atoms with Crippen molar-refractivity contribution in [2.45, 2.75) is 18.8 Å². The van der Waals surface area contributed by atoms with Gasteiger partial charge in [-0.1, -0.05) is 0 Å². The summed E-state index contributed by atoms with van der Waals surface area (Å²) in [4.78, 5) is 9.15. The summed E-state index contributed by atoms with van der Waals surface area (Å²) in [6.07, 6.45) is 13.3. The highest BCUT2D eigenvalue weighted by Gasteiger charge is 2.21. The zero-order valence-electron chi connectivity index (χ0n) is 17.4. The van der Waals surface area contributed by atoms with Crippen LogP contribution in [0.25, 0.3) is 22.5 Å². The fraction of sp³-hybridized carbons (Fsp3) is 0.217. The topological polar surface area (TPSA) is 101 Å². The first-order valence-corrected chi connectivity index (χ1v) is 10.8. The molecule has 32 heavy (non-hydrogen) atoms. The SMILES string of the molecule is c1cn(-c2ccc(Nc3cc(C4CCCNC4)nc4c(-c5cn[nH]c5)cnn34)cc2)cn1. The van der Waals surface area contributed by atoms with Gasteiger partial charge in [0.2, 0.25) is 0 Å². The molecule has 1 aliphatic heterocycles. The van der Waals surface area contributed by atoms with E-state index >= 15 is 0 Å². The van der Waals surface area contributed by atoms with Gasteiger partial charge in [0.25, 0.3) is 0 Å². The summed E-state index contributed by atoms with van der Waals surface area (Å²) in [6.45, 7) is 2.01. The second-order valence-corrected chi connectivity index (χ2v) is 8.03. The molecule has 1 saturated heterocycles. The molecule has 4 aromatic heterocycles. The van der Waals surface area contributed by atoms with Crippen LogP contribution in [0.2, 0.25) is 0 Å². The van der Waals surface area contributed by atoms with Crippen LogP contribution in [0.5, 0.6) is 0 Å². The first-order chi connectivity index (χ1) is 15.8. The van der Waals surface area contributed by atoms with Crippen LogP contribution in [-0.4, -0.2) is 47.4 Å². The highest BCUT2D eigenvalue weighted by atomic mass is 15.3. The maximum atomic E-state index is 5.03. The van der Waals surface area contributed by atoms with Crippen molar-refractivity contribution in [3.63, 3.8) is 0 Å². The van der Waals surface area contributed by atoms with Crippen LogP contribution in [0.1, 0.15) is 24.5 Å². The van der Waals surface area contributed by atoms with Gasteiger partial charge in [0.15, 0.2) is 5.65 Å². The molecule has 160 valence electrons. The molecule has 0 aliphatic carbocycles. The lowest BCUT2D eigenvalue weighted by molar-refractivity contribution is 0.455. The number of aromatic amines is 1. The van der Waals surface area contributed by atoms with E-state index in [-0.39, 0.29) is 0 Å². The minimum atomic E-state index is 0.380. The van der Waals surface area contributed by atoms with E-state index in [9.17, 15) is 0 Å². The van der Waals surface area contributed by atoms with Crippen molar-refractivity contribution in [3.05, 3.63) is 73.3 Å². The predicted molar refractivity (Wildman–Crippen MR) is 122 cm³/mol. The van der Waals surface area contributed by atoms with Crippen molar-refractivity contribution in [1.29, 1.82) is 0 Å². The van der Waals surface area contributed by atoms with E-state index in [1.165, 1.54) is 0 Å². The molecule has 0 bridgehead atoms. The van der Waals surface area contributed by atoms with E-state index in [4.69, 9.17) is 4.98 Å². The smallest absolute Gasteiger partial charge is 0.165 e. The third-order valence-corrected chi connectivity index (χ3v) is 5.96. The summed E-state index contributed by atoms with van der Waals surface area (Å²) < 4.78 is 3.85. The van der Waals surface area contributed by atoms with Crippen molar-refractivity contribution in [2.24, 2.45) is 0 Å². The van der Waals surface area contributed by atoms with Crippen molar-refractivity contribution in [1.82, 2.24) is 39.7 Å². The molecule has 1 aromatic carbocycles. The highest BCUT2D eigenvalue weighted by molar-refractivity contribution is 5.78. The number of H-pyrrole nitrogens is 1. The molecule has 1 atom stereocenters. The summed E-state index contributed by atoms with van der Waals surface area (Å²) in [5, 5.41) is 18.7. The highest BCUT2D eigenvalue weighted by Crippen LogP contribution is 2.30. The number of imidazole rings is 1.